The quantitative estimate of drug-likeness (QED) is 0.0224. The zero-order valence-corrected chi connectivity index (χ0v) is 86.3. The number of fused-ring (bicyclic) bond motifs is 2. The van der Waals surface area contributed by atoms with Crippen LogP contribution in [0.2, 0.25) is 0 Å². The maximum absolute atomic E-state index is 11.2. The van der Waals surface area contributed by atoms with E-state index in [1.807, 2.05) is 40.7 Å². The number of halogens is 2. The number of nitriles is 1. The second-order valence-corrected chi connectivity index (χ2v) is 16.8. The summed E-state index contributed by atoms with van der Waals surface area (Å²) in [4.78, 5) is 113. The molecule has 0 saturated heterocycles. The van der Waals surface area contributed by atoms with Crippen LogP contribution < -0.4 is 22.3 Å². The van der Waals surface area contributed by atoms with Gasteiger partial charge in [0.25, 0.3) is 0 Å². The Morgan fingerprint density at radius 2 is 0.894 bits per heavy atom. The summed E-state index contributed by atoms with van der Waals surface area (Å²) in [6.45, 7) is 22.5. The number of rotatable bonds is 11. The molecule has 8 heterocycles. The molecule has 2 amide bonds. The number of hydrogen-bond acceptors (Lipinski definition) is 19. The molecule has 0 unspecified atom stereocenters. The third kappa shape index (κ3) is 46.3. The average molecular weight is 2620 g/mol. The largest absolute Gasteiger partial charge is 0.526 e. The van der Waals surface area contributed by atoms with Crippen molar-refractivity contribution in [2.45, 2.75) is 103 Å². The molecule has 8 rings (SSSR count). The Morgan fingerprint density at radius 1 is 0.532 bits per heavy atom. The molecule has 6 N–H and O–H groups in total. The van der Waals surface area contributed by atoms with Crippen molar-refractivity contribution in [1.29, 1.82) is 5.26 Å². The van der Waals surface area contributed by atoms with Gasteiger partial charge >= 0.3 is 0 Å². The molecule has 0 spiro atoms. The van der Waals surface area contributed by atoms with E-state index in [1.165, 1.54) is 53.4 Å². The molecule has 0 aliphatic heterocycles. The molecule has 23 nitrogen and oxygen atoms in total. The minimum atomic E-state index is -0.0549. The van der Waals surface area contributed by atoms with Crippen LogP contribution in [-0.4, -0.2) is 97.2 Å². The Hall–Kier alpha value is 0.595. The van der Waals surface area contributed by atoms with Crippen molar-refractivity contribution in [3.63, 3.8) is 0 Å². The van der Waals surface area contributed by atoms with Crippen LogP contribution in [0.4, 0.5) is 0 Å². The zero-order valence-electron chi connectivity index (χ0n) is 53.0. The first-order chi connectivity index (χ1) is 38.7. The first kappa shape index (κ1) is 121. The number of nitrogens with two attached hydrogens (primary N) is 2. The second kappa shape index (κ2) is 68.0. The first-order valence-corrected chi connectivity index (χ1v) is 24.1. The Kier molecular flexibility index (Phi) is 87.9. The fraction of sp³-hybridized carbons (Fsp3) is 0.259. The maximum Gasteiger partial charge on any atom is 0.108 e. The predicted molar refractivity (Wildman–Crippen MR) is 306 cm³/mol. The van der Waals surface area contributed by atoms with E-state index in [-0.39, 0.29) is 361 Å². The van der Waals surface area contributed by atoms with Crippen molar-refractivity contribution in [3.05, 3.63) is 182 Å². The van der Waals surface area contributed by atoms with Crippen LogP contribution >= 0.6 is 24.0 Å². The van der Waals surface area contributed by atoms with E-state index in [2.05, 4.69) is 107 Å². The van der Waals surface area contributed by atoms with Crippen LogP contribution in [0.1, 0.15) is 160 Å². The van der Waals surface area contributed by atoms with Crippen molar-refractivity contribution in [1.82, 2.24) is 54.7 Å². The van der Waals surface area contributed by atoms with Crippen LogP contribution in [0.3, 0.4) is 0 Å². The van der Waals surface area contributed by atoms with Gasteiger partial charge in [0.1, 0.15) is 5.78 Å². The number of ketones is 6. The van der Waals surface area contributed by atoms with Gasteiger partial charge in [-0.3, -0.25) is 32.1 Å². The third-order valence-electron chi connectivity index (χ3n) is 10.4. The monoisotopic (exact) mass is 2620 g/mol. The van der Waals surface area contributed by atoms with Gasteiger partial charge < -0.3 is 90.0 Å². The first-order valence-electron chi connectivity index (χ1n) is 23.7. The van der Waals surface area contributed by atoms with Gasteiger partial charge in [-0.15, -0.1) is 58.0 Å². The van der Waals surface area contributed by atoms with E-state index < -0.39 is 0 Å². The summed E-state index contributed by atoms with van der Waals surface area (Å²) in [5.41, 5.74) is 19.2. The number of aromatic nitrogens is 9. The van der Waals surface area contributed by atoms with E-state index >= 15 is 0 Å². The summed E-state index contributed by atoms with van der Waals surface area (Å²) in [7, 11) is 0. The average Bonchev–Trinajstić information content (AvgIpc) is 1.75. The molecule has 0 saturated carbocycles. The van der Waals surface area contributed by atoms with Gasteiger partial charge in [0.2, 0.25) is 0 Å². The van der Waals surface area contributed by atoms with Crippen LogP contribution in [0, 0.1) is 109 Å². The smallest absolute Gasteiger partial charge is 0.108 e. The van der Waals surface area contributed by atoms with E-state index in [4.69, 9.17) is 20.6 Å². The standard InChI is InChI=1S/C10H10N2O2.C10H8N2O.C9H7N3O.C9H11N2O.C9H7N2O.C9H10NO.CClO.CH3N2O.ClH.5W.6Y/c1-7-3-9(4-11-6-13)12-5-10(7)8(2)14;1-7-3-9-4-11-6-12(9)5-10(7)8(2)13;1-6-3-9-11-10-5-12(9)4-8(6)7(2)13;2*1-6-3-8(4-10)11-5-9(6)7(2)12;1-6-4-7(2)10-5-9(6)8(3)11;2-1-3;2-3-1-4;;;;;;;;;;;;/h5H,4H2,1-2H3,(H,11,13);4-5H,1-2H3;4H,1-2H3;5H,4,10H2,1-2H3;5H,1-2H3;5H,1-3H3;;2H2,(H,3,4);1H;;;;;;;;;;;/q3*-2;5*-1;;;;;;;;;;;;. The van der Waals surface area contributed by atoms with E-state index in [9.17, 15) is 33.6 Å². The van der Waals surface area contributed by atoms with Crippen LogP contribution in [-0.2, 0) is 329 Å². The Balaban J connectivity index is -0.0000000821. The number of hydrazine groups is 1. The number of Topliss-reactive ketones (excluding diaryl/α,β-unsaturated/α-hetero) is 6. The van der Waals surface area contributed by atoms with Crippen molar-refractivity contribution in [2.75, 3.05) is 0 Å². The van der Waals surface area contributed by atoms with Crippen molar-refractivity contribution < 1.29 is 345 Å². The van der Waals surface area contributed by atoms with Crippen molar-refractivity contribution >= 4 is 88.4 Å². The van der Waals surface area contributed by atoms with Gasteiger partial charge in [-0.1, -0.05) is 59.0 Å². The van der Waals surface area contributed by atoms with Crippen molar-refractivity contribution in [2.24, 2.45) is 11.6 Å². The molecule has 6 radical (unpaired) electrons. The summed E-state index contributed by atoms with van der Waals surface area (Å²) in [6.07, 6.45) is 19.2. The third-order valence-corrected chi connectivity index (χ3v) is 10.4. The number of carbonyl (C=O) groups is 6. The van der Waals surface area contributed by atoms with Gasteiger partial charge in [-0.05, 0) is 96.4 Å². The molecule has 0 aliphatic rings. The van der Waals surface area contributed by atoms with E-state index in [1.54, 1.807) is 72.4 Å². The molecule has 0 aromatic carbocycles. The molecular formula is C58H57Cl2N14O9W5Y6-11. The molecule has 486 valence electrons. The number of carbonyl (C=O) groups excluding carboxylic acids is 9. The Bertz CT molecular complexity index is 3550. The fourth-order valence-electron chi connectivity index (χ4n) is 6.54. The summed E-state index contributed by atoms with van der Waals surface area (Å²) in [6, 6.07) is 19.5. The van der Waals surface area contributed by atoms with Crippen LogP contribution in [0.5, 0.6) is 0 Å². The molecule has 0 atom stereocenters. The molecule has 0 fully saturated rings. The Labute approximate surface area is 782 Å². The molecule has 0 bridgehead atoms. The number of aryl methyl sites for hydroxylation is 7. The summed E-state index contributed by atoms with van der Waals surface area (Å²) < 4.78 is 3.23. The van der Waals surface area contributed by atoms with E-state index in [0.29, 0.717) is 62.5 Å². The van der Waals surface area contributed by atoms with Crippen molar-refractivity contribution in [3.8, 4) is 6.07 Å². The number of nitrogens with zero attached hydrogens (tertiary/aromatic N) is 10. The number of imidazole rings is 1. The topological polar surface area (TPSA) is 353 Å². The molecule has 36 heteroatoms. The van der Waals surface area contributed by atoms with E-state index in [0.717, 1.165) is 44.8 Å². The fourth-order valence-corrected chi connectivity index (χ4v) is 6.54. The molecular weight excluding hydrogens is 2560 g/mol. The number of hydrogen-bond donors (Lipinski definition) is 4. The normalized spacial score (nSPS) is 8.29. The SMILES string of the molecule is CC(=O)c1cn2[c-]ncc2[c-]c1C.CC(=O)c1cn2[c-]nnc2[c-]c1C.CC(=O)c1cnc(C#N)[c-]c1C.CC(=O)c1cnc(C)[c-]c1C.CC(=O)c1cnc(CN)[c-]c1C.CC(=O)c1cnc(CN[C-]=O)[c-]c1C.Cl.NN[C-]=O.O=[C-]Cl.[W].[W].[W].[W].[W].[Y].[Y].[Y].[Y].[Y].[Y]. The summed E-state index contributed by atoms with van der Waals surface area (Å²) in [5.74, 6) is 5.35. The molecule has 8 aromatic rings. The number of nitrogens with one attached hydrogen (secondary N) is 2. The van der Waals surface area contributed by atoms with Gasteiger partial charge in [-0.25, -0.2) is 56.7 Å². The zero-order chi connectivity index (χ0) is 62.2. The predicted octanol–water partition coefficient (Wildman–Crippen LogP) is 5.86. The molecule has 0 aliphatic carbocycles. The summed E-state index contributed by atoms with van der Waals surface area (Å²) in [5, 5.41) is 18.2. The van der Waals surface area contributed by atoms with Gasteiger partial charge in [0, 0.05) is 333 Å². The second-order valence-electron chi connectivity index (χ2n) is 16.6. The molecule has 94 heavy (non-hydrogen) atoms. The minimum Gasteiger partial charge on any atom is -0.526 e. The number of amides is 2. The van der Waals surface area contributed by atoms with Crippen LogP contribution in [0.25, 0.3) is 11.2 Å². The summed E-state index contributed by atoms with van der Waals surface area (Å²) >= 11 is 4.19. The van der Waals surface area contributed by atoms with Gasteiger partial charge in [0.05, 0.1) is 28.9 Å². The van der Waals surface area contributed by atoms with Crippen LogP contribution in [0.15, 0.2) is 43.4 Å². The number of pyridine rings is 6. The maximum atomic E-state index is 11.2. The molecule has 8 aromatic heterocycles. The van der Waals surface area contributed by atoms with Gasteiger partial charge in [0.15, 0.2) is 0 Å². The minimum absolute atomic E-state index is 0. The Morgan fingerprint density at radius 3 is 1.27 bits per heavy atom. The van der Waals surface area contributed by atoms with Gasteiger partial charge in [-0.2, -0.15) is 35.9 Å².